The quantitative estimate of drug-likeness (QED) is 0.250. The van der Waals surface area contributed by atoms with Crippen LogP contribution >= 0.6 is 0 Å². The molecular formula is C27H19N3O5. The van der Waals surface area contributed by atoms with Crippen LogP contribution in [-0.2, 0) is 9.59 Å². The Morgan fingerprint density at radius 3 is 2.20 bits per heavy atom. The first-order chi connectivity index (χ1) is 17.0. The molecule has 8 nitrogen and oxygen atoms in total. The molecule has 3 aliphatic heterocycles. The zero-order valence-corrected chi connectivity index (χ0v) is 18.4. The number of non-ortho nitro benzene ring substituents is 1. The molecule has 3 aliphatic rings. The average molecular weight is 465 g/mol. The van der Waals surface area contributed by atoms with E-state index in [1.807, 2.05) is 47.5 Å². The van der Waals surface area contributed by atoms with Crippen molar-refractivity contribution in [1.82, 2.24) is 4.90 Å². The number of ketones is 1. The Bertz CT molecular complexity index is 1420. The van der Waals surface area contributed by atoms with Gasteiger partial charge in [-0.25, -0.2) is 4.90 Å². The Hall–Kier alpha value is -4.59. The molecule has 0 saturated carbocycles. The number of fused-ring (bicyclic) bond motifs is 5. The smallest absolute Gasteiger partial charge is 0.269 e. The van der Waals surface area contributed by atoms with Gasteiger partial charge in [0.1, 0.15) is 6.04 Å². The second-order valence-corrected chi connectivity index (χ2v) is 8.85. The van der Waals surface area contributed by atoms with Crippen molar-refractivity contribution in [3.8, 4) is 0 Å². The fourth-order valence-electron chi connectivity index (χ4n) is 5.61. The van der Waals surface area contributed by atoms with Crippen LogP contribution in [0.5, 0.6) is 0 Å². The van der Waals surface area contributed by atoms with E-state index in [1.165, 1.54) is 24.3 Å². The van der Waals surface area contributed by atoms with Crippen LogP contribution in [0.1, 0.15) is 27.5 Å². The first kappa shape index (κ1) is 21.0. The van der Waals surface area contributed by atoms with Gasteiger partial charge in [0.25, 0.3) is 5.69 Å². The number of hydrogen-bond acceptors (Lipinski definition) is 6. The van der Waals surface area contributed by atoms with E-state index >= 15 is 0 Å². The summed E-state index contributed by atoms with van der Waals surface area (Å²) in [6, 6.07) is 20.4. The summed E-state index contributed by atoms with van der Waals surface area (Å²) >= 11 is 0. The number of nitro benzene ring substituents is 1. The van der Waals surface area contributed by atoms with Crippen LogP contribution in [0.15, 0.2) is 85.1 Å². The second-order valence-electron chi connectivity index (χ2n) is 8.85. The molecule has 6 rings (SSSR count). The van der Waals surface area contributed by atoms with E-state index in [0.717, 1.165) is 16.0 Å². The topological polar surface area (TPSA) is 101 Å². The molecule has 0 spiro atoms. The predicted molar refractivity (Wildman–Crippen MR) is 127 cm³/mol. The van der Waals surface area contributed by atoms with E-state index in [9.17, 15) is 24.5 Å². The molecule has 0 aromatic heterocycles. The summed E-state index contributed by atoms with van der Waals surface area (Å²) in [4.78, 5) is 54.8. The molecule has 0 aliphatic carbocycles. The van der Waals surface area contributed by atoms with Gasteiger partial charge in [-0.15, -0.1) is 0 Å². The zero-order chi connectivity index (χ0) is 24.3. The molecule has 0 N–H and O–H groups in total. The van der Waals surface area contributed by atoms with Gasteiger partial charge in [-0.2, -0.15) is 0 Å². The molecule has 2 amide bonds. The number of carbonyl (C=O) groups excluding carboxylic acids is 3. The summed E-state index contributed by atoms with van der Waals surface area (Å²) in [7, 11) is 0. The molecule has 3 heterocycles. The van der Waals surface area contributed by atoms with Gasteiger partial charge >= 0.3 is 0 Å². The third-order valence-corrected chi connectivity index (χ3v) is 7.11. The first-order valence-corrected chi connectivity index (χ1v) is 11.2. The fourth-order valence-corrected chi connectivity index (χ4v) is 5.61. The highest BCUT2D eigenvalue weighted by atomic mass is 16.6. The third-order valence-electron chi connectivity index (χ3n) is 7.11. The number of benzene rings is 3. The maximum absolute atomic E-state index is 13.8. The van der Waals surface area contributed by atoms with Crippen LogP contribution in [0, 0.1) is 22.0 Å². The summed E-state index contributed by atoms with van der Waals surface area (Å²) in [6.07, 6.45) is 3.72. The van der Waals surface area contributed by atoms with Crippen LogP contribution in [0.2, 0.25) is 0 Å². The molecule has 4 atom stereocenters. The minimum atomic E-state index is -0.883. The standard InChI is InChI=1S/C27H19N3O5/c31-25(17-7-2-1-3-8-17)24-22-21(23-20-9-5-4-6-16(20)14-15-28(23)24)26(32)29(27(22)33)18-10-12-19(13-11-18)30(34)35/h1-15,21-24H/t21-,22-,23+,24-/m0/s1. The van der Waals surface area contributed by atoms with Gasteiger partial charge in [-0.3, -0.25) is 24.5 Å². The molecule has 3 aromatic carbocycles. The Balaban J connectivity index is 1.47. The number of imide groups is 1. The monoisotopic (exact) mass is 465 g/mol. The Labute approximate surface area is 200 Å². The molecule has 8 heteroatoms. The fraction of sp³-hybridized carbons (Fsp3) is 0.148. The van der Waals surface area contributed by atoms with Crippen molar-refractivity contribution in [3.63, 3.8) is 0 Å². The van der Waals surface area contributed by atoms with Gasteiger partial charge in [-0.05, 0) is 29.3 Å². The van der Waals surface area contributed by atoms with Crippen molar-refractivity contribution in [2.45, 2.75) is 12.1 Å². The Morgan fingerprint density at radius 1 is 0.829 bits per heavy atom. The number of hydrogen-bond donors (Lipinski definition) is 0. The van der Waals surface area contributed by atoms with E-state index in [4.69, 9.17) is 0 Å². The van der Waals surface area contributed by atoms with Crippen molar-refractivity contribution in [2.75, 3.05) is 4.90 Å². The molecule has 2 fully saturated rings. The third kappa shape index (κ3) is 3.03. The van der Waals surface area contributed by atoms with E-state index in [2.05, 4.69) is 0 Å². The molecule has 35 heavy (non-hydrogen) atoms. The lowest BCUT2D eigenvalue weighted by Crippen LogP contribution is -2.44. The first-order valence-electron chi connectivity index (χ1n) is 11.2. The molecule has 0 radical (unpaired) electrons. The predicted octanol–water partition coefficient (Wildman–Crippen LogP) is 3.99. The molecule has 3 aromatic rings. The number of nitrogens with zero attached hydrogens (tertiary/aromatic N) is 3. The summed E-state index contributed by atoms with van der Waals surface area (Å²) in [5.41, 5.74) is 2.42. The van der Waals surface area contributed by atoms with Crippen molar-refractivity contribution in [2.24, 2.45) is 11.8 Å². The van der Waals surface area contributed by atoms with Crippen molar-refractivity contribution >= 4 is 35.0 Å². The zero-order valence-electron chi connectivity index (χ0n) is 18.4. The van der Waals surface area contributed by atoms with Gasteiger partial charge in [0.15, 0.2) is 5.78 Å². The second kappa shape index (κ2) is 7.73. The number of anilines is 1. The number of nitro groups is 1. The minimum absolute atomic E-state index is 0.136. The van der Waals surface area contributed by atoms with E-state index in [-0.39, 0.29) is 17.2 Å². The van der Waals surface area contributed by atoms with E-state index in [0.29, 0.717) is 5.56 Å². The lowest BCUT2D eigenvalue weighted by atomic mass is 9.83. The molecule has 0 unspecified atom stereocenters. The number of amides is 2. The lowest BCUT2D eigenvalue weighted by molar-refractivity contribution is -0.384. The maximum atomic E-state index is 13.8. The van der Waals surface area contributed by atoms with Gasteiger partial charge in [0, 0.05) is 23.9 Å². The van der Waals surface area contributed by atoms with Crippen molar-refractivity contribution < 1.29 is 19.3 Å². The van der Waals surface area contributed by atoms with Crippen molar-refractivity contribution in [1.29, 1.82) is 0 Å². The van der Waals surface area contributed by atoms with Crippen LogP contribution in [0.3, 0.4) is 0 Å². The van der Waals surface area contributed by atoms with Gasteiger partial charge in [0.05, 0.1) is 28.5 Å². The van der Waals surface area contributed by atoms with Crippen LogP contribution in [0.4, 0.5) is 11.4 Å². The minimum Gasteiger partial charge on any atom is -0.358 e. The summed E-state index contributed by atoms with van der Waals surface area (Å²) in [6.45, 7) is 0. The van der Waals surface area contributed by atoms with Crippen LogP contribution < -0.4 is 4.90 Å². The van der Waals surface area contributed by atoms with Gasteiger partial charge in [-0.1, -0.05) is 54.6 Å². The highest BCUT2D eigenvalue weighted by Gasteiger charge is 2.64. The normalized spacial score (nSPS) is 24.2. The molecule has 0 bridgehead atoms. The SMILES string of the molecule is O=C(c1ccccc1)[C@@H]1[C@H]2C(=O)N(c3ccc([N+](=O)[O-])cc3)C(=O)[C@@H]2[C@H]2c3ccccc3C=CN12. The lowest BCUT2D eigenvalue weighted by Gasteiger charge is -2.35. The number of Topliss-reactive ketones (excluding diaryl/α,β-unsaturated/α-hetero) is 1. The highest BCUT2D eigenvalue weighted by molar-refractivity contribution is 6.24. The van der Waals surface area contributed by atoms with Gasteiger partial charge in [0.2, 0.25) is 11.8 Å². The molecule has 2 saturated heterocycles. The highest BCUT2D eigenvalue weighted by Crippen LogP contribution is 2.53. The van der Waals surface area contributed by atoms with Gasteiger partial charge < -0.3 is 4.90 Å². The summed E-state index contributed by atoms with van der Waals surface area (Å²) in [5, 5.41) is 11.1. The largest absolute Gasteiger partial charge is 0.358 e. The summed E-state index contributed by atoms with van der Waals surface area (Å²) < 4.78 is 0. The van der Waals surface area contributed by atoms with Crippen LogP contribution in [-0.4, -0.2) is 33.5 Å². The van der Waals surface area contributed by atoms with E-state index in [1.54, 1.807) is 24.3 Å². The Kier molecular flexibility index (Phi) is 4.63. The summed E-state index contributed by atoms with van der Waals surface area (Å²) in [5.74, 6) is -2.74. The number of carbonyl (C=O) groups is 3. The van der Waals surface area contributed by atoms with Crippen LogP contribution in [0.25, 0.3) is 6.08 Å². The Morgan fingerprint density at radius 2 is 1.49 bits per heavy atom. The van der Waals surface area contributed by atoms with E-state index < -0.39 is 40.7 Å². The van der Waals surface area contributed by atoms with Crippen molar-refractivity contribution in [3.05, 3.63) is 112 Å². The number of rotatable bonds is 4. The molecule has 172 valence electrons. The maximum Gasteiger partial charge on any atom is 0.269 e. The molecular weight excluding hydrogens is 446 g/mol. The average Bonchev–Trinajstić information content (AvgIpc) is 3.36.